The summed E-state index contributed by atoms with van der Waals surface area (Å²) in [6, 6.07) is 18.3. The average molecular weight is 493 g/mol. The Morgan fingerprint density at radius 2 is 1.69 bits per heavy atom. The van der Waals surface area contributed by atoms with Gasteiger partial charge in [-0.1, -0.05) is 24.3 Å². The maximum absolute atomic E-state index is 10.5. The van der Waals surface area contributed by atoms with Crippen LogP contribution in [0, 0.1) is 0 Å². The normalized spacial score (nSPS) is 14.8. The lowest BCUT2D eigenvalue weighted by Gasteiger charge is -2.37. The van der Waals surface area contributed by atoms with Gasteiger partial charge in [-0.2, -0.15) is 0 Å². The van der Waals surface area contributed by atoms with Crippen LogP contribution in [-0.2, 0) is 9.59 Å². The Hall–Kier alpha value is -4.15. The smallest absolute Gasteiger partial charge is 0.414 e. The molecule has 1 atom stereocenters. The van der Waals surface area contributed by atoms with Gasteiger partial charge in [0.05, 0.1) is 5.52 Å². The third kappa shape index (κ3) is 6.09. The first-order valence-electron chi connectivity index (χ1n) is 11.6. The van der Waals surface area contributed by atoms with Gasteiger partial charge in [0.15, 0.2) is 0 Å². The third-order valence-corrected chi connectivity index (χ3v) is 5.98. The summed E-state index contributed by atoms with van der Waals surface area (Å²) in [4.78, 5) is 30.6. The molecule has 4 N–H and O–H groups in total. The number of aromatic amines is 1. The van der Waals surface area contributed by atoms with Gasteiger partial charge in [0.2, 0.25) is 0 Å². The first-order valence-corrected chi connectivity index (χ1v) is 11.6. The topological polar surface area (TPSA) is 139 Å². The van der Waals surface area contributed by atoms with Gasteiger partial charge >= 0.3 is 11.9 Å². The molecule has 36 heavy (non-hydrogen) atoms. The van der Waals surface area contributed by atoms with Crippen LogP contribution in [0.3, 0.4) is 0 Å². The van der Waals surface area contributed by atoms with Crippen molar-refractivity contribution in [3.05, 3.63) is 67.0 Å². The van der Waals surface area contributed by atoms with Gasteiger partial charge in [-0.15, -0.1) is 0 Å². The van der Waals surface area contributed by atoms with Crippen LogP contribution in [0.1, 0.15) is 0 Å². The Bertz CT molecular complexity index is 1320. The molecule has 2 aromatic heterocycles. The van der Waals surface area contributed by atoms with E-state index in [0.29, 0.717) is 13.2 Å². The van der Waals surface area contributed by atoms with Crippen LogP contribution in [0.4, 0.5) is 5.69 Å². The van der Waals surface area contributed by atoms with E-state index in [9.17, 15) is 5.11 Å². The van der Waals surface area contributed by atoms with E-state index in [0.717, 1.165) is 48.3 Å². The van der Waals surface area contributed by atoms with E-state index in [1.807, 2.05) is 42.7 Å². The van der Waals surface area contributed by atoms with Gasteiger partial charge < -0.3 is 29.9 Å². The highest BCUT2D eigenvalue weighted by Gasteiger charge is 2.21. The molecular weight excluding hydrogens is 464 g/mol. The molecule has 188 valence electrons. The number of hydrogen-bond donors (Lipinski definition) is 4. The van der Waals surface area contributed by atoms with Crippen LogP contribution in [-0.4, -0.2) is 87.6 Å². The van der Waals surface area contributed by atoms with Crippen molar-refractivity contribution < 1.29 is 29.6 Å². The van der Waals surface area contributed by atoms with Gasteiger partial charge in [0.25, 0.3) is 0 Å². The third-order valence-electron chi connectivity index (χ3n) is 5.98. The number of nitrogens with zero attached hydrogens (tertiary/aromatic N) is 3. The number of carboxylic acids is 2. The number of ether oxygens (including phenoxy) is 1. The van der Waals surface area contributed by atoms with E-state index >= 15 is 0 Å². The molecule has 0 radical (unpaired) electrons. The molecule has 1 fully saturated rings. The number of β-amino-alcohol motifs (C(OH)–C–C–N with tert-alkyl or cyclic N) is 1. The van der Waals surface area contributed by atoms with Gasteiger partial charge in [-0.25, -0.2) is 9.59 Å². The standard InChI is InChI=1S/C24H26N4O2.C2H2O4/c29-18(17-30-24-7-3-6-22-20(24)8-10-25-22)16-27-12-14-28(15-13-27)23-9-11-26-21-5-2-1-4-19(21)23;3-1(4)2(5)6/h1-11,18,25,29H,12-17H2;(H,3,4)(H,5,6)/t18-;/m0./s1. The zero-order chi connectivity index (χ0) is 25.5. The maximum Gasteiger partial charge on any atom is 0.414 e. The number of aliphatic carboxylic acids is 2. The lowest BCUT2D eigenvalue weighted by atomic mass is 10.1. The van der Waals surface area contributed by atoms with Crippen molar-refractivity contribution in [2.24, 2.45) is 0 Å². The van der Waals surface area contributed by atoms with Gasteiger partial charge in [-0.05, 0) is 30.3 Å². The van der Waals surface area contributed by atoms with Crippen molar-refractivity contribution in [1.29, 1.82) is 0 Å². The summed E-state index contributed by atoms with van der Waals surface area (Å²) in [5.74, 6) is -2.84. The Morgan fingerprint density at radius 3 is 2.44 bits per heavy atom. The summed E-state index contributed by atoms with van der Waals surface area (Å²) in [6.45, 7) is 4.62. The zero-order valence-corrected chi connectivity index (χ0v) is 19.6. The van der Waals surface area contributed by atoms with Crippen molar-refractivity contribution in [1.82, 2.24) is 14.9 Å². The largest absolute Gasteiger partial charge is 0.490 e. The number of aromatic nitrogens is 2. The second kappa shape index (κ2) is 11.5. The molecule has 0 amide bonds. The number of pyridine rings is 1. The van der Waals surface area contributed by atoms with Crippen molar-refractivity contribution >= 4 is 39.4 Å². The second-order valence-corrected chi connectivity index (χ2v) is 8.41. The molecule has 4 aromatic rings. The van der Waals surface area contributed by atoms with E-state index in [1.54, 1.807) is 0 Å². The lowest BCUT2D eigenvalue weighted by Crippen LogP contribution is -2.49. The Labute approximate surface area is 207 Å². The van der Waals surface area contributed by atoms with E-state index in [2.05, 4.69) is 44.0 Å². The molecule has 0 spiro atoms. The molecular formula is C26H28N4O6. The minimum absolute atomic E-state index is 0.291. The molecule has 1 aliphatic rings. The van der Waals surface area contributed by atoms with E-state index in [4.69, 9.17) is 24.5 Å². The number of para-hydroxylation sites is 1. The number of H-pyrrole nitrogens is 1. The minimum Gasteiger partial charge on any atom is -0.490 e. The summed E-state index contributed by atoms with van der Waals surface area (Å²) in [7, 11) is 0. The number of fused-ring (bicyclic) bond motifs is 2. The van der Waals surface area contributed by atoms with Crippen LogP contribution in [0.2, 0.25) is 0 Å². The van der Waals surface area contributed by atoms with Crippen LogP contribution in [0.25, 0.3) is 21.8 Å². The highest BCUT2D eigenvalue weighted by molar-refractivity contribution is 6.27. The quantitative estimate of drug-likeness (QED) is 0.299. The molecule has 1 saturated heterocycles. The van der Waals surface area contributed by atoms with E-state index in [-0.39, 0.29) is 0 Å². The molecule has 0 saturated carbocycles. The first-order chi connectivity index (χ1) is 17.4. The molecule has 2 aromatic carbocycles. The summed E-state index contributed by atoms with van der Waals surface area (Å²) >= 11 is 0. The van der Waals surface area contributed by atoms with E-state index < -0.39 is 18.0 Å². The number of aliphatic hydroxyl groups excluding tert-OH is 1. The number of carbonyl (C=O) groups is 2. The van der Waals surface area contributed by atoms with Crippen molar-refractivity contribution in [3.63, 3.8) is 0 Å². The molecule has 0 bridgehead atoms. The number of piperazine rings is 1. The Morgan fingerprint density at radius 1 is 0.944 bits per heavy atom. The van der Waals surface area contributed by atoms with E-state index in [1.165, 1.54) is 11.1 Å². The number of nitrogens with one attached hydrogen (secondary N) is 1. The predicted molar refractivity (Wildman–Crippen MR) is 135 cm³/mol. The number of rotatable bonds is 6. The highest BCUT2D eigenvalue weighted by atomic mass is 16.5. The molecule has 5 rings (SSSR count). The number of carboxylic acid groups (broad SMARTS) is 2. The highest BCUT2D eigenvalue weighted by Crippen LogP contribution is 2.26. The van der Waals surface area contributed by atoms with Crippen molar-refractivity contribution in [2.75, 3.05) is 44.2 Å². The fraction of sp³-hybridized carbons (Fsp3) is 0.269. The number of hydrogen-bond acceptors (Lipinski definition) is 7. The fourth-order valence-corrected chi connectivity index (χ4v) is 4.25. The number of aliphatic hydroxyl groups is 1. The molecule has 10 heteroatoms. The van der Waals surface area contributed by atoms with Gasteiger partial charge in [-0.3, -0.25) is 9.88 Å². The monoisotopic (exact) mass is 492 g/mol. The van der Waals surface area contributed by atoms with Crippen LogP contribution in [0.15, 0.2) is 67.0 Å². The van der Waals surface area contributed by atoms with Crippen LogP contribution >= 0.6 is 0 Å². The molecule has 1 aliphatic heterocycles. The van der Waals surface area contributed by atoms with Crippen LogP contribution < -0.4 is 9.64 Å². The van der Waals surface area contributed by atoms with Crippen LogP contribution in [0.5, 0.6) is 5.75 Å². The van der Waals surface area contributed by atoms with Crippen molar-refractivity contribution in [2.45, 2.75) is 6.10 Å². The lowest BCUT2D eigenvalue weighted by molar-refractivity contribution is -0.159. The number of benzene rings is 2. The summed E-state index contributed by atoms with van der Waals surface area (Å²) < 4.78 is 5.91. The Balaban J connectivity index is 0.000000455. The average Bonchev–Trinajstić information content (AvgIpc) is 3.38. The van der Waals surface area contributed by atoms with Gasteiger partial charge in [0.1, 0.15) is 18.5 Å². The summed E-state index contributed by atoms with van der Waals surface area (Å²) in [6.07, 6.45) is 3.27. The first kappa shape index (κ1) is 25.0. The van der Waals surface area contributed by atoms with Crippen molar-refractivity contribution in [3.8, 4) is 5.75 Å². The molecule has 10 nitrogen and oxygen atoms in total. The molecule has 0 aliphatic carbocycles. The Kier molecular flexibility index (Phi) is 7.99. The van der Waals surface area contributed by atoms with Gasteiger partial charge in [0, 0.05) is 67.1 Å². The number of anilines is 1. The predicted octanol–water partition coefficient (Wildman–Crippen LogP) is 2.43. The summed E-state index contributed by atoms with van der Waals surface area (Å²) in [5.41, 5.74) is 3.31. The maximum atomic E-state index is 10.5. The minimum atomic E-state index is -1.82. The zero-order valence-electron chi connectivity index (χ0n) is 19.6. The fourth-order valence-electron chi connectivity index (χ4n) is 4.25. The molecule has 0 unspecified atom stereocenters. The molecule has 3 heterocycles. The summed E-state index contributed by atoms with van der Waals surface area (Å²) in [5, 5.41) is 27.5. The second-order valence-electron chi connectivity index (χ2n) is 8.41. The SMILES string of the molecule is O=C(O)C(=O)O.O[C@H](COc1cccc2[nH]ccc12)CN1CCN(c2ccnc3ccccc23)CC1.